The second kappa shape index (κ2) is 24.4. The Morgan fingerprint density at radius 2 is 0.824 bits per heavy atom. The molecule has 8 rings (SSSR count). The van der Waals surface area contributed by atoms with Gasteiger partial charge in [0, 0.05) is 0 Å². The Balaban J connectivity index is 0.000000258. The molecule has 6 aromatic carbocycles. The van der Waals surface area contributed by atoms with Gasteiger partial charge in [0.25, 0.3) is 0 Å². The minimum absolute atomic E-state index is 0. The number of benzene rings is 4. The normalized spacial score (nSPS) is 15.2. The first kappa shape index (κ1) is 57.5. The summed E-state index contributed by atoms with van der Waals surface area (Å²) in [5.41, 5.74) is -2.16. The standard InChI is InChI=1S/2C24H21F6.C4H10Si.2ClH.Zr/c2*25-23(26,27)19-12-18(13-20(14-19)24(28,29)30)21-8-4-7-17-10-16(11-22(17)21)9-15-5-2-1-3-6-15;1-3-4-5-2;;;/h2*4,7-8,10-15H,1-3,5-6,9H2;3-4H2,1-2H3;2*1H;/q2*-1;;;;+2/p-2. The zero-order valence-electron chi connectivity index (χ0n) is 37.6. The van der Waals surface area contributed by atoms with Crippen LogP contribution in [0.4, 0.5) is 52.7 Å². The molecule has 0 radical (unpaired) electrons. The van der Waals surface area contributed by atoms with Gasteiger partial charge in [0.1, 0.15) is 0 Å². The summed E-state index contributed by atoms with van der Waals surface area (Å²) in [6, 6.07) is 23.1. The summed E-state index contributed by atoms with van der Waals surface area (Å²) in [5, 5.41) is 3.06. The first-order valence-electron chi connectivity index (χ1n) is 22.5. The van der Waals surface area contributed by atoms with Crippen molar-refractivity contribution in [3.05, 3.63) is 130 Å². The molecule has 2 aliphatic carbocycles. The quantitative estimate of drug-likeness (QED) is 0.0810. The van der Waals surface area contributed by atoms with Crippen LogP contribution >= 0.6 is 0 Å². The van der Waals surface area contributed by atoms with E-state index in [2.05, 4.69) is 13.5 Å². The SMILES string of the molecule is CCC[Si](C)=[Zr+2].FC(F)(F)c1cc(-c2cccc3[cH-]c(CC4CCCCC4)cc23)cc(C(F)(F)F)c1.FC(F)(F)c1cc(-c2cccc3[cH-]c(CC4CCCCC4)cc23)cc(C(F)(F)F)c1.[Cl-].[Cl-]. The third-order valence-electron chi connectivity index (χ3n) is 12.5. The summed E-state index contributed by atoms with van der Waals surface area (Å²) in [5.74, 6) is 1.17. The van der Waals surface area contributed by atoms with Crippen LogP contribution in [0.3, 0.4) is 0 Å². The van der Waals surface area contributed by atoms with E-state index in [9.17, 15) is 52.7 Å². The van der Waals surface area contributed by atoms with Crippen LogP contribution in [-0.2, 0) is 60.9 Å². The summed E-state index contributed by atoms with van der Waals surface area (Å²) < 4.78 is 159. The molecule has 0 bridgehead atoms. The Labute approximate surface area is 417 Å². The summed E-state index contributed by atoms with van der Waals surface area (Å²) >= 11 is 1.79. The third kappa shape index (κ3) is 15.7. The van der Waals surface area contributed by atoms with Crippen LogP contribution in [0, 0.1) is 11.8 Å². The number of halogens is 14. The third-order valence-corrected chi connectivity index (χ3v) is 15.6. The molecule has 2 aliphatic rings. The van der Waals surface area contributed by atoms with Crippen molar-refractivity contribution in [1.82, 2.24) is 0 Å². The summed E-state index contributed by atoms with van der Waals surface area (Å²) in [7, 11) is 0. The largest absolute Gasteiger partial charge is 1.00 e. The molecule has 0 aliphatic heterocycles. The maximum Gasteiger partial charge on any atom is 0.416 e. The fourth-order valence-electron chi connectivity index (χ4n) is 9.38. The van der Waals surface area contributed by atoms with Gasteiger partial charge in [-0.2, -0.15) is 64.8 Å². The molecule has 16 heteroatoms. The molecule has 0 aromatic heterocycles. The van der Waals surface area contributed by atoms with Crippen molar-refractivity contribution in [3.8, 4) is 22.3 Å². The summed E-state index contributed by atoms with van der Waals surface area (Å²) in [4.78, 5) is 0. The molecule has 0 amide bonds. The molecule has 0 nitrogen and oxygen atoms in total. The van der Waals surface area contributed by atoms with Gasteiger partial charge in [-0.1, -0.05) is 87.5 Å². The Bertz CT molecular complexity index is 2340. The fourth-order valence-corrected chi connectivity index (χ4v) is 12.0. The van der Waals surface area contributed by atoms with E-state index in [1.54, 1.807) is 47.6 Å². The van der Waals surface area contributed by atoms with Crippen LogP contribution in [0.15, 0.2) is 97.1 Å². The topological polar surface area (TPSA) is 0 Å². The molecule has 6 aromatic rings. The van der Waals surface area contributed by atoms with Gasteiger partial charge in [-0.15, -0.1) is 69.1 Å². The van der Waals surface area contributed by atoms with Gasteiger partial charge in [0.15, 0.2) is 0 Å². The average Bonchev–Trinajstić information content (AvgIpc) is 3.86. The molecule has 0 N–H and O–H groups in total. The molecule has 0 atom stereocenters. The Kier molecular flexibility index (Phi) is 20.6. The van der Waals surface area contributed by atoms with Gasteiger partial charge in [0.05, 0.1) is 22.3 Å². The van der Waals surface area contributed by atoms with E-state index in [4.69, 9.17) is 0 Å². The van der Waals surface area contributed by atoms with Crippen molar-refractivity contribution in [2.45, 2.75) is 128 Å². The van der Waals surface area contributed by atoms with Crippen molar-refractivity contribution in [1.29, 1.82) is 0 Å². The van der Waals surface area contributed by atoms with Crippen LogP contribution in [0.1, 0.15) is 111 Å². The Hall–Kier alpha value is -3.06. The van der Waals surface area contributed by atoms with Crippen molar-refractivity contribution in [2.24, 2.45) is 11.8 Å². The number of hydrogen-bond donors (Lipinski definition) is 0. The van der Waals surface area contributed by atoms with Crippen LogP contribution in [-0.4, -0.2) is 5.43 Å². The molecule has 368 valence electrons. The first-order chi connectivity index (χ1) is 31.0. The zero-order chi connectivity index (χ0) is 48.0. The number of hydrogen-bond acceptors (Lipinski definition) is 0. The van der Waals surface area contributed by atoms with E-state index in [-0.39, 0.29) is 53.5 Å². The van der Waals surface area contributed by atoms with Crippen LogP contribution in [0.25, 0.3) is 43.8 Å². The fraction of sp³-hybridized carbons (Fsp3) is 0.423. The van der Waals surface area contributed by atoms with Crippen molar-refractivity contribution in [3.63, 3.8) is 0 Å². The second-order valence-electron chi connectivity index (χ2n) is 17.9. The van der Waals surface area contributed by atoms with Gasteiger partial charge in [-0.3, -0.25) is 0 Å². The zero-order valence-corrected chi connectivity index (χ0v) is 42.6. The van der Waals surface area contributed by atoms with E-state index in [1.165, 1.54) is 51.0 Å². The minimum atomic E-state index is -4.86. The van der Waals surface area contributed by atoms with E-state index in [1.807, 2.05) is 36.4 Å². The molecule has 0 spiro atoms. The van der Waals surface area contributed by atoms with E-state index >= 15 is 0 Å². The second-order valence-corrected chi connectivity index (χ2v) is 26.2. The molecule has 68 heavy (non-hydrogen) atoms. The predicted molar refractivity (Wildman–Crippen MR) is 237 cm³/mol. The molecule has 0 saturated heterocycles. The van der Waals surface area contributed by atoms with Crippen molar-refractivity contribution >= 4 is 27.0 Å². The molecular weight excluding hydrogens is 1040 g/mol. The maximum absolute atomic E-state index is 13.3. The average molecular weight is 1100 g/mol. The van der Waals surface area contributed by atoms with Gasteiger partial charge in [-0.05, 0) is 72.2 Å². The van der Waals surface area contributed by atoms with Gasteiger partial charge in [0.2, 0.25) is 0 Å². The predicted octanol–water partition coefficient (Wildman–Crippen LogP) is 12.3. The van der Waals surface area contributed by atoms with Gasteiger partial charge < -0.3 is 24.8 Å². The van der Waals surface area contributed by atoms with E-state index in [0.29, 0.717) is 33.7 Å². The van der Waals surface area contributed by atoms with Crippen LogP contribution in [0.5, 0.6) is 0 Å². The van der Waals surface area contributed by atoms with Crippen LogP contribution in [0.2, 0.25) is 12.6 Å². The smallest absolute Gasteiger partial charge is 0.416 e. The molecular formula is C52H52Cl2F12SiZr-2. The molecule has 0 unspecified atom stereocenters. The Morgan fingerprint density at radius 1 is 0.500 bits per heavy atom. The first-order valence-corrected chi connectivity index (χ1v) is 28.4. The number of rotatable bonds is 8. The molecule has 2 saturated carbocycles. The van der Waals surface area contributed by atoms with E-state index in [0.717, 1.165) is 84.7 Å². The number of fused-ring (bicyclic) bond motifs is 2. The Morgan fingerprint density at radius 3 is 1.09 bits per heavy atom. The maximum atomic E-state index is 13.3. The summed E-state index contributed by atoms with van der Waals surface area (Å²) in [6.07, 6.45) is -4.26. The molecule has 2 fully saturated rings. The van der Waals surface area contributed by atoms with Gasteiger partial charge >= 0.3 is 79.4 Å². The van der Waals surface area contributed by atoms with Crippen molar-refractivity contribution in [2.75, 3.05) is 0 Å². The molecule has 0 heterocycles. The van der Waals surface area contributed by atoms with E-state index < -0.39 is 47.0 Å². The number of alkyl halides is 12. The monoisotopic (exact) mass is 1090 g/mol. The van der Waals surface area contributed by atoms with Crippen molar-refractivity contribution < 1.29 is 101 Å². The summed E-state index contributed by atoms with van der Waals surface area (Å²) in [6.45, 7) is 4.66. The van der Waals surface area contributed by atoms with Gasteiger partial charge in [-0.25, -0.2) is 0 Å². The van der Waals surface area contributed by atoms with Crippen LogP contribution < -0.4 is 24.8 Å². The minimum Gasteiger partial charge on any atom is -1.00 e.